The zero-order valence-corrected chi connectivity index (χ0v) is 13.3. The molecule has 0 saturated carbocycles. The Balaban J connectivity index is 3.70. The smallest absolute Gasteiger partial charge is 0.0792 e. The van der Waals surface area contributed by atoms with Crippen molar-refractivity contribution in [2.45, 2.75) is 19.8 Å². The minimum absolute atomic E-state index is 1.08. The SMILES string of the molecule is CCN(CCC[N+](C)(C)C)CCC[N+](C)(C)C. The van der Waals surface area contributed by atoms with Gasteiger partial charge in [0.1, 0.15) is 0 Å². The van der Waals surface area contributed by atoms with Gasteiger partial charge in [-0.3, -0.25) is 0 Å². The molecule has 0 heterocycles. The predicted octanol–water partition coefficient (Wildman–Crippen LogP) is 1.50. The summed E-state index contributed by atoms with van der Waals surface area (Å²) in [5.74, 6) is 0. The number of hydrogen-bond donors (Lipinski definition) is 0. The maximum atomic E-state index is 2.59. The van der Waals surface area contributed by atoms with E-state index in [9.17, 15) is 0 Å². The van der Waals surface area contributed by atoms with Crippen molar-refractivity contribution >= 4 is 0 Å². The van der Waals surface area contributed by atoms with Crippen LogP contribution in [-0.2, 0) is 0 Å². The Hall–Kier alpha value is -0.120. The third kappa shape index (κ3) is 12.1. The fourth-order valence-corrected chi connectivity index (χ4v) is 1.97. The van der Waals surface area contributed by atoms with E-state index in [1.165, 1.54) is 45.6 Å². The van der Waals surface area contributed by atoms with Gasteiger partial charge in [0.25, 0.3) is 0 Å². The maximum absolute atomic E-state index is 2.59. The summed E-state index contributed by atoms with van der Waals surface area (Å²) in [6, 6.07) is 0. The molecule has 3 heteroatoms. The zero-order chi connectivity index (χ0) is 13.5. The van der Waals surface area contributed by atoms with Crippen molar-refractivity contribution in [1.82, 2.24) is 4.90 Å². The molecule has 0 N–H and O–H groups in total. The predicted molar refractivity (Wildman–Crippen MR) is 77.1 cm³/mol. The average Bonchev–Trinajstić information content (AvgIpc) is 2.11. The Bertz CT molecular complexity index is 169. The van der Waals surface area contributed by atoms with Crippen molar-refractivity contribution < 1.29 is 8.97 Å². The molecule has 0 atom stereocenters. The van der Waals surface area contributed by atoms with E-state index in [-0.39, 0.29) is 0 Å². The van der Waals surface area contributed by atoms with Crippen LogP contribution in [0.25, 0.3) is 0 Å². The molecule has 0 aliphatic rings. The average molecular weight is 245 g/mol. The molecule has 0 rings (SSSR count). The van der Waals surface area contributed by atoms with Gasteiger partial charge in [0.2, 0.25) is 0 Å². The summed E-state index contributed by atoms with van der Waals surface area (Å²) in [6.45, 7) is 8.51. The number of rotatable bonds is 9. The molecule has 0 aromatic carbocycles. The summed E-state index contributed by atoms with van der Waals surface area (Å²) in [6.07, 6.45) is 2.61. The van der Waals surface area contributed by atoms with Crippen molar-refractivity contribution in [3.63, 3.8) is 0 Å². The van der Waals surface area contributed by atoms with Gasteiger partial charge in [-0.1, -0.05) is 6.92 Å². The van der Waals surface area contributed by atoms with E-state index in [0.29, 0.717) is 0 Å². The molecule has 0 aromatic rings. The Kier molecular flexibility index (Phi) is 7.29. The highest BCUT2D eigenvalue weighted by atomic mass is 15.3. The molecule has 0 amide bonds. The lowest BCUT2D eigenvalue weighted by Gasteiger charge is -2.28. The summed E-state index contributed by atoms with van der Waals surface area (Å²) in [7, 11) is 13.6. The van der Waals surface area contributed by atoms with E-state index >= 15 is 0 Å². The molecule has 0 unspecified atom stereocenters. The van der Waals surface area contributed by atoms with E-state index in [1.54, 1.807) is 0 Å². The second kappa shape index (κ2) is 7.34. The van der Waals surface area contributed by atoms with Gasteiger partial charge in [0.05, 0.1) is 55.4 Å². The van der Waals surface area contributed by atoms with E-state index in [4.69, 9.17) is 0 Å². The maximum Gasteiger partial charge on any atom is 0.0792 e. The Morgan fingerprint density at radius 1 is 0.706 bits per heavy atom. The summed E-state index contributed by atoms with van der Waals surface area (Å²) >= 11 is 0. The van der Waals surface area contributed by atoms with Crippen LogP contribution in [0.15, 0.2) is 0 Å². The molecule has 0 saturated heterocycles. The summed E-state index contributed by atoms with van der Waals surface area (Å²) in [5, 5.41) is 0. The van der Waals surface area contributed by atoms with Crippen molar-refractivity contribution in [2.75, 3.05) is 75.0 Å². The highest BCUT2D eigenvalue weighted by Gasteiger charge is 2.10. The van der Waals surface area contributed by atoms with Crippen molar-refractivity contribution in [3.05, 3.63) is 0 Å². The van der Waals surface area contributed by atoms with Crippen LogP contribution < -0.4 is 0 Å². The van der Waals surface area contributed by atoms with Gasteiger partial charge in [-0.2, -0.15) is 0 Å². The van der Waals surface area contributed by atoms with Gasteiger partial charge in [-0.25, -0.2) is 0 Å². The van der Waals surface area contributed by atoms with E-state index in [1.807, 2.05) is 0 Å². The van der Waals surface area contributed by atoms with Crippen LogP contribution in [0, 0.1) is 0 Å². The molecule has 0 radical (unpaired) electrons. The van der Waals surface area contributed by atoms with Gasteiger partial charge in [0.15, 0.2) is 0 Å². The number of nitrogens with zero attached hydrogens (tertiary/aromatic N) is 3. The largest absolute Gasteiger partial charge is 0.331 e. The topological polar surface area (TPSA) is 3.24 Å². The lowest BCUT2D eigenvalue weighted by molar-refractivity contribution is -0.870. The Morgan fingerprint density at radius 3 is 1.29 bits per heavy atom. The lowest BCUT2D eigenvalue weighted by Crippen LogP contribution is -2.39. The summed E-state index contributed by atoms with van der Waals surface area (Å²) in [5.41, 5.74) is 0. The molecule has 17 heavy (non-hydrogen) atoms. The van der Waals surface area contributed by atoms with Crippen LogP contribution in [0.4, 0.5) is 0 Å². The summed E-state index contributed by atoms with van der Waals surface area (Å²) < 4.78 is 2.16. The van der Waals surface area contributed by atoms with Crippen molar-refractivity contribution in [1.29, 1.82) is 0 Å². The quantitative estimate of drug-likeness (QED) is 0.557. The van der Waals surface area contributed by atoms with Crippen LogP contribution in [0.5, 0.6) is 0 Å². The minimum Gasteiger partial charge on any atom is -0.331 e. The molecule has 0 aromatic heterocycles. The van der Waals surface area contributed by atoms with Gasteiger partial charge < -0.3 is 13.9 Å². The van der Waals surface area contributed by atoms with E-state index in [2.05, 4.69) is 54.1 Å². The monoisotopic (exact) mass is 245 g/mol. The first-order valence-corrected chi connectivity index (χ1v) is 6.97. The molecule has 0 aliphatic carbocycles. The molecular formula is C14H35N3+2. The first-order chi connectivity index (χ1) is 7.64. The highest BCUT2D eigenvalue weighted by molar-refractivity contribution is 4.55. The zero-order valence-electron chi connectivity index (χ0n) is 13.3. The molecule has 0 bridgehead atoms. The van der Waals surface area contributed by atoms with Crippen LogP contribution in [-0.4, -0.2) is 88.9 Å². The van der Waals surface area contributed by atoms with Gasteiger partial charge in [0, 0.05) is 25.9 Å². The molecule has 0 aliphatic heterocycles. The first-order valence-electron chi connectivity index (χ1n) is 6.97. The lowest BCUT2D eigenvalue weighted by atomic mass is 10.3. The van der Waals surface area contributed by atoms with Crippen LogP contribution in [0.3, 0.4) is 0 Å². The van der Waals surface area contributed by atoms with Crippen molar-refractivity contribution in [3.8, 4) is 0 Å². The Labute approximate surface area is 109 Å². The van der Waals surface area contributed by atoms with Gasteiger partial charge in [-0.15, -0.1) is 0 Å². The molecule has 3 nitrogen and oxygen atoms in total. The van der Waals surface area contributed by atoms with Crippen LogP contribution in [0.1, 0.15) is 19.8 Å². The molecule has 0 spiro atoms. The second-order valence-electron chi connectivity index (χ2n) is 7.17. The van der Waals surface area contributed by atoms with E-state index in [0.717, 1.165) is 8.97 Å². The highest BCUT2D eigenvalue weighted by Crippen LogP contribution is 2.00. The normalized spacial score (nSPS) is 13.4. The fourth-order valence-electron chi connectivity index (χ4n) is 1.97. The minimum atomic E-state index is 1.08. The van der Waals surface area contributed by atoms with Gasteiger partial charge >= 0.3 is 0 Å². The van der Waals surface area contributed by atoms with Crippen molar-refractivity contribution in [2.24, 2.45) is 0 Å². The molecule has 0 fully saturated rings. The number of quaternary nitrogens is 2. The first kappa shape index (κ1) is 16.9. The summed E-state index contributed by atoms with van der Waals surface area (Å²) in [4.78, 5) is 2.59. The van der Waals surface area contributed by atoms with Crippen LogP contribution in [0.2, 0.25) is 0 Å². The number of hydrogen-bond acceptors (Lipinski definition) is 1. The molecule has 104 valence electrons. The van der Waals surface area contributed by atoms with Crippen LogP contribution >= 0.6 is 0 Å². The molecular weight excluding hydrogens is 210 g/mol. The standard InChI is InChI=1S/C14H35N3/c1-8-15(11-9-13-16(2,3)4)12-10-14-17(5,6)7/h8-14H2,1-7H3/q+2. The third-order valence-corrected chi connectivity index (χ3v) is 3.05. The third-order valence-electron chi connectivity index (χ3n) is 3.05. The Morgan fingerprint density at radius 2 is 1.06 bits per heavy atom. The second-order valence-corrected chi connectivity index (χ2v) is 7.17. The fraction of sp³-hybridized carbons (Fsp3) is 1.00. The van der Waals surface area contributed by atoms with E-state index < -0.39 is 0 Å². The van der Waals surface area contributed by atoms with Gasteiger partial charge in [-0.05, 0) is 6.54 Å².